The molecule has 0 radical (unpaired) electrons. The summed E-state index contributed by atoms with van der Waals surface area (Å²) in [5.74, 6) is 4.35. The van der Waals surface area contributed by atoms with E-state index in [2.05, 4.69) is 44.8 Å². The van der Waals surface area contributed by atoms with Crippen LogP contribution in [-0.4, -0.2) is 23.6 Å². The lowest BCUT2D eigenvalue weighted by Gasteiger charge is -2.32. The molecule has 1 nitrogen and oxygen atoms in total. The topological polar surface area (TPSA) is 12.0 Å². The highest BCUT2D eigenvalue weighted by molar-refractivity contribution is 7.99. The van der Waals surface area contributed by atoms with Gasteiger partial charge in [0.25, 0.3) is 0 Å². The zero-order valence-electron chi connectivity index (χ0n) is 12.2. The van der Waals surface area contributed by atoms with E-state index in [9.17, 15) is 0 Å². The maximum absolute atomic E-state index is 3.84. The molecule has 0 spiro atoms. The third-order valence-electron chi connectivity index (χ3n) is 3.68. The molecule has 3 unspecified atom stereocenters. The molecule has 102 valence electrons. The van der Waals surface area contributed by atoms with Crippen LogP contribution in [-0.2, 0) is 0 Å². The fourth-order valence-electron chi connectivity index (χ4n) is 3.07. The average Bonchev–Trinajstić information content (AvgIpc) is 2.26. The standard InChI is InChI=1S/C15H31NS/c1-5-17-11-13(4)16-15-8-6-7-14(10-15)9-12(2)3/h12-16H,5-11H2,1-4H3. The van der Waals surface area contributed by atoms with Crippen molar-refractivity contribution in [1.82, 2.24) is 5.32 Å². The molecule has 0 heterocycles. The molecule has 0 aromatic rings. The number of hydrogen-bond acceptors (Lipinski definition) is 2. The third-order valence-corrected chi connectivity index (χ3v) is 4.82. The van der Waals surface area contributed by atoms with E-state index in [1.54, 1.807) is 0 Å². The molecule has 0 amide bonds. The zero-order chi connectivity index (χ0) is 12.7. The van der Waals surface area contributed by atoms with Crippen molar-refractivity contribution < 1.29 is 0 Å². The van der Waals surface area contributed by atoms with Gasteiger partial charge in [0.1, 0.15) is 0 Å². The van der Waals surface area contributed by atoms with E-state index in [1.807, 2.05) is 0 Å². The summed E-state index contributed by atoms with van der Waals surface area (Å²) in [6.45, 7) is 9.31. The minimum atomic E-state index is 0.683. The summed E-state index contributed by atoms with van der Waals surface area (Å²) >= 11 is 2.05. The Hall–Kier alpha value is 0.310. The van der Waals surface area contributed by atoms with E-state index in [-0.39, 0.29) is 0 Å². The van der Waals surface area contributed by atoms with E-state index in [1.165, 1.54) is 43.6 Å². The third kappa shape index (κ3) is 6.71. The molecule has 1 fully saturated rings. The Kier molecular flexibility index (Phi) is 7.61. The highest BCUT2D eigenvalue weighted by Gasteiger charge is 2.23. The van der Waals surface area contributed by atoms with E-state index in [4.69, 9.17) is 0 Å². The maximum Gasteiger partial charge on any atom is 0.0132 e. The summed E-state index contributed by atoms with van der Waals surface area (Å²) in [7, 11) is 0. The van der Waals surface area contributed by atoms with Crippen molar-refractivity contribution in [3.8, 4) is 0 Å². The van der Waals surface area contributed by atoms with Crippen molar-refractivity contribution in [1.29, 1.82) is 0 Å². The van der Waals surface area contributed by atoms with Crippen molar-refractivity contribution in [2.24, 2.45) is 11.8 Å². The summed E-state index contributed by atoms with van der Waals surface area (Å²) in [5.41, 5.74) is 0. The monoisotopic (exact) mass is 257 g/mol. The first-order valence-electron chi connectivity index (χ1n) is 7.45. The summed E-state index contributed by atoms with van der Waals surface area (Å²) < 4.78 is 0. The van der Waals surface area contributed by atoms with Crippen molar-refractivity contribution in [3.05, 3.63) is 0 Å². The minimum absolute atomic E-state index is 0.683. The average molecular weight is 257 g/mol. The quantitative estimate of drug-likeness (QED) is 0.729. The molecule has 1 saturated carbocycles. The first-order valence-corrected chi connectivity index (χ1v) is 8.61. The van der Waals surface area contributed by atoms with Gasteiger partial charge in [0.15, 0.2) is 0 Å². The zero-order valence-corrected chi connectivity index (χ0v) is 13.0. The molecular weight excluding hydrogens is 226 g/mol. The lowest BCUT2D eigenvalue weighted by molar-refractivity contribution is 0.245. The lowest BCUT2D eigenvalue weighted by Crippen LogP contribution is -2.41. The van der Waals surface area contributed by atoms with Gasteiger partial charge in [-0.2, -0.15) is 11.8 Å². The van der Waals surface area contributed by atoms with Crippen LogP contribution >= 0.6 is 11.8 Å². The van der Waals surface area contributed by atoms with Gasteiger partial charge in [-0.25, -0.2) is 0 Å². The summed E-state index contributed by atoms with van der Waals surface area (Å²) in [6, 6.07) is 1.47. The van der Waals surface area contributed by atoms with Crippen LogP contribution in [0.5, 0.6) is 0 Å². The molecule has 3 atom stereocenters. The number of hydrogen-bond donors (Lipinski definition) is 1. The van der Waals surface area contributed by atoms with Gasteiger partial charge in [-0.1, -0.05) is 33.6 Å². The molecule has 1 N–H and O–H groups in total. The largest absolute Gasteiger partial charge is 0.311 e. The van der Waals surface area contributed by atoms with Gasteiger partial charge in [-0.05, 0) is 43.8 Å². The number of rotatable bonds is 7. The predicted molar refractivity (Wildman–Crippen MR) is 80.8 cm³/mol. The molecule has 2 heteroatoms. The van der Waals surface area contributed by atoms with Crippen LogP contribution in [0.4, 0.5) is 0 Å². The van der Waals surface area contributed by atoms with E-state index >= 15 is 0 Å². The van der Waals surface area contributed by atoms with Gasteiger partial charge in [-0.3, -0.25) is 0 Å². The van der Waals surface area contributed by atoms with Crippen molar-refractivity contribution in [3.63, 3.8) is 0 Å². The molecule has 0 aliphatic heterocycles. The molecule has 1 aliphatic rings. The number of thioether (sulfide) groups is 1. The molecule has 17 heavy (non-hydrogen) atoms. The van der Waals surface area contributed by atoms with E-state index in [0.717, 1.165) is 17.9 Å². The molecular formula is C15H31NS. The fourth-order valence-corrected chi connectivity index (χ4v) is 3.75. The van der Waals surface area contributed by atoms with Crippen LogP contribution < -0.4 is 5.32 Å². The smallest absolute Gasteiger partial charge is 0.0132 e. The Labute approximate surface area is 113 Å². The van der Waals surface area contributed by atoms with Crippen LogP contribution in [0.1, 0.15) is 59.8 Å². The first kappa shape index (κ1) is 15.4. The minimum Gasteiger partial charge on any atom is -0.311 e. The highest BCUT2D eigenvalue weighted by atomic mass is 32.2. The Morgan fingerprint density at radius 1 is 1.24 bits per heavy atom. The van der Waals surface area contributed by atoms with Crippen LogP contribution in [0.3, 0.4) is 0 Å². The van der Waals surface area contributed by atoms with Crippen molar-refractivity contribution in [2.75, 3.05) is 11.5 Å². The molecule has 0 aromatic heterocycles. The van der Waals surface area contributed by atoms with Gasteiger partial charge in [0.05, 0.1) is 0 Å². The molecule has 0 aromatic carbocycles. The number of nitrogens with one attached hydrogen (secondary N) is 1. The van der Waals surface area contributed by atoms with Gasteiger partial charge >= 0.3 is 0 Å². The Morgan fingerprint density at radius 2 is 2.00 bits per heavy atom. The van der Waals surface area contributed by atoms with E-state index in [0.29, 0.717) is 6.04 Å². The summed E-state index contributed by atoms with van der Waals surface area (Å²) in [6.07, 6.45) is 7.14. The fraction of sp³-hybridized carbons (Fsp3) is 1.00. The Morgan fingerprint density at radius 3 is 2.65 bits per heavy atom. The van der Waals surface area contributed by atoms with Gasteiger partial charge in [0, 0.05) is 17.8 Å². The molecule has 1 rings (SSSR count). The molecule has 0 bridgehead atoms. The second-order valence-corrected chi connectivity index (χ2v) is 7.41. The Balaban J connectivity index is 2.24. The van der Waals surface area contributed by atoms with Gasteiger partial charge < -0.3 is 5.32 Å². The highest BCUT2D eigenvalue weighted by Crippen LogP contribution is 2.29. The van der Waals surface area contributed by atoms with E-state index < -0.39 is 0 Å². The SMILES string of the molecule is CCSCC(C)NC1CCCC(CC(C)C)C1. The summed E-state index contributed by atoms with van der Waals surface area (Å²) in [4.78, 5) is 0. The second kappa shape index (κ2) is 8.42. The van der Waals surface area contributed by atoms with Gasteiger partial charge in [-0.15, -0.1) is 0 Å². The van der Waals surface area contributed by atoms with Crippen molar-refractivity contribution in [2.45, 2.75) is 71.9 Å². The lowest BCUT2D eigenvalue weighted by atomic mass is 9.81. The van der Waals surface area contributed by atoms with Gasteiger partial charge in [0.2, 0.25) is 0 Å². The van der Waals surface area contributed by atoms with Crippen LogP contribution in [0.25, 0.3) is 0 Å². The normalized spacial score (nSPS) is 27.4. The first-order chi connectivity index (χ1) is 8.11. The van der Waals surface area contributed by atoms with Crippen LogP contribution in [0, 0.1) is 11.8 Å². The maximum atomic E-state index is 3.84. The summed E-state index contributed by atoms with van der Waals surface area (Å²) in [5, 5.41) is 3.84. The van der Waals surface area contributed by atoms with Crippen LogP contribution in [0.15, 0.2) is 0 Å². The van der Waals surface area contributed by atoms with Crippen LogP contribution in [0.2, 0.25) is 0 Å². The molecule has 0 saturated heterocycles. The second-order valence-electron chi connectivity index (χ2n) is 6.09. The Bertz CT molecular complexity index is 193. The predicted octanol–water partition coefficient (Wildman–Crippen LogP) is 4.32. The molecule has 1 aliphatic carbocycles. The van der Waals surface area contributed by atoms with Crippen molar-refractivity contribution >= 4 is 11.8 Å².